The number of hydrogen-bond donors (Lipinski definition) is 1. The molecular formula is C9H9NOS. The van der Waals surface area contributed by atoms with Crippen LogP contribution in [0.25, 0.3) is 0 Å². The molecule has 1 aromatic heterocycles. The molecule has 0 radical (unpaired) electrons. The molecule has 3 heteroatoms. The van der Waals surface area contributed by atoms with Gasteiger partial charge in [-0.3, -0.25) is 4.79 Å². The molecule has 0 unspecified atom stereocenters. The predicted molar refractivity (Wildman–Crippen MR) is 50.4 cm³/mol. The summed E-state index contributed by atoms with van der Waals surface area (Å²) in [6, 6.07) is 3.64. The van der Waals surface area contributed by atoms with Crippen LogP contribution in [0.1, 0.15) is 9.67 Å². The summed E-state index contributed by atoms with van der Waals surface area (Å²) in [5, 5.41) is 4.57. The van der Waals surface area contributed by atoms with Gasteiger partial charge in [-0.1, -0.05) is 12.6 Å². The van der Waals surface area contributed by atoms with Crippen LogP contribution in [0.3, 0.4) is 0 Å². The summed E-state index contributed by atoms with van der Waals surface area (Å²) in [5.41, 5.74) is 2.58. The molecule has 2 nitrogen and oxygen atoms in total. The summed E-state index contributed by atoms with van der Waals surface area (Å²) in [5.74, 6) is -0.0449. The molecule has 0 fully saturated rings. The van der Waals surface area contributed by atoms with Crippen molar-refractivity contribution in [2.75, 3.05) is 6.54 Å². The molecule has 0 aliphatic rings. The maximum absolute atomic E-state index is 11.2. The Morgan fingerprint density at radius 3 is 3.25 bits per heavy atom. The number of rotatable bonds is 3. The van der Waals surface area contributed by atoms with Gasteiger partial charge in [0.15, 0.2) is 0 Å². The van der Waals surface area contributed by atoms with Gasteiger partial charge in [0, 0.05) is 6.54 Å². The van der Waals surface area contributed by atoms with Crippen LogP contribution >= 0.6 is 11.3 Å². The Balaban J connectivity index is 2.45. The van der Waals surface area contributed by atoms with Gasteiger partial charge in [-0.2, -0.15) is 0 Å². The van der Waals surface area contributed by atoms with E-state index in [4.69, 9.17) is 0 Å². The minimum Gasteiger partial charge on any atom is -0.347 e. The number of carbonyl (C=O) groups excluding carboxylic acids is 1. The van der Waals surface area contributed by atoms with E-state index in [-0.39, 0.29) is 5.91 Å². The third kappa shape index (κ3) is 2.38. The molecule has 0 aliphatic carbocycles. The smallest absolute Gasteiger partial charge is 0.261 e. The Labute approximate surface area is 75.2 Å². The van der Waals surface area contributed by atoms with Crippen molar-refractivity contribution in [3.63, 3.8) is 0 Å². The molecule has 1 heterocycles. The molecule has 1 aromatic rings. The highest BCUT2D eigenvalue weighted by Crippen LogP contribution is 2.07. The Morgan fingerprint density at radius 1 is 1.83 bits per heavy atom. The predicted octanol–water partition coefficient (Wildman–Crippen LogP) is 1.82. The molecule has 0 aromatic carbocycles. The molecule has 0 saturated heterocycles. The van der Waals surface area contributed by atoms with E-state index in [2.05, 4.69) is 17.6 Å². The van der Waals surface area contributed by atoms with E-state index < -0.39 is 0 Å². The van der Waals surface area contributed by atoms with E-state index in [1.165, 1.54) is 11.3 Å². The molecule has 0 aliphatic heterocycles. The number of hydrogen-bond acceptors (Lipinski definition) is 2. The Kier molecular flexibility index (Phi) is 3.33. The lowest BCUT2D eigenvalue weighted by Crippen LogP contribution is -2.21. The molecule has 1 amide bonds. The van der Waals surface area contributed by atoms with Gasteiger partial charge in [0.25, 0.3) is 5.91 Å². The van der Waals surface area contributed by atoms with E-state index in [0.29, 0.717) is 6.54 Å². The van der Waals surface area contributed by atoms with E-state index in [9.17, 15) is 4.79 Å². The summed E-state index contributed by atoms with van der Waals surface area (Å²) in [7, 11) is 0. The molecule has 0 saturated carbocycles. The standard InChI is InChI=1S/C9H9NOS/c1-2-3-6-10-9(11)8-5-4-7-12-8/h3-5,7H,1,6H2,(H,10,11). The summed E-state index contributed by atoms with van der Waals surface area (Å²) in [6.07, 6.45) is 1.67. The van der Waals surface area contributed by atoms with Crippen molar-refractivity contribution in [2.45, 2.75) is 0 Å². The lowest BCUT2D eigenvalue weighted by Gasteiger charge is -1.96. The van der Waals surface area contributed by atoms with Gasteiger partial charge in [0.2, 0.25) is 0 Å². The quantitative estimate of drug-likeness (QED) is 0.704. The lowest BCUT2D eigenvalue weighted by atomic mass is 10.4. The first-order valence-electron chi connectivity index (χ1n) is 3.50. The van der Waals surface area contributed by atoms with E-state index >= 15 is 0 Å². The van der Waals surface area contributed by atoms with E-state index in [1.54, 1.807) is 12.1 Å². The zero-order valence-corrected chi connectivity index (χ0v) is 7.36. The number of amides is 1. The van der Waals surface area contributed by atoms with Crippen LogP contribution in [-0.2, 0) is 0 Å². The minimum absolute atomic E-state index is 0.0449. The monoisotopic (exact) mass is 179 g/mol. The molecule has 62 valence electrons. The maximum Gasteiger partial charge on any atom is 0.261 e. The van der Waals surface area contributed by atoms with Crippen molar-refractivity contribution in [1.82, 2.24) is 5.32 Å². The Bertz CT molecular complexity index is 296. The first-order valence-corrected chi connectivity index (χ1v) is 4.38. The molecule has 1 rings (SSSR count). The van der Waals surface area contributed by atoms with E-state index in [1.807, 2.05) is 11.4 Å². The third-order valence-electron chi connectivity index (χ3n) is 1.25. The molecular weight excluding hydrogens is 170 g/mol. The Hall–Kier alpha value is -1.31. The van der Waals surface area contributed by atoms with Crippen LogP contribution in [0.4, 0.5) is 0 Å². The topological polar surface area (TPSA) is 29.1 Å². The number of carbonyl (C=O) groups is 1. The average molecular weight is 179 g/mol. The van der Waals surface area contributed by atoms with Crippen molar-refractivity contribution in [3.05, 3.63) is 40.8 Å². The van der Waals surface area contributed by atoms with E-state index in [0.717, 1.165) is 4.88 Å². The van der Waals surface area contributed by atoms with Gasteiger partial charge in [-0.25, -0.2) is 0 Å². The second-order valence-corrected chi connectivity index (χ2v) is 3.04. The minimum atomic E-state index is -0.0449. The zero-order chi connectivity index (χ0) is 8.81. The highest BCUT2D eigenvalue weighted by atomic mass is 32.1. The van der Waals surface area contributed by atoms with Crippen LogP contribution in [0.2, 0.25) is 0 Å². The Morgan fingerprint density at radius 2 is 2.67 bits per heavy atom. The average Bonchev–Trinajstić information content (AvgIpc) is 2.56. The molecule has 1 N–H and O–H groups in total. The first-order chi connectivity index (χ1) is 5.84. The van der Waals surface area contributed by atoms with Gasteiger partial charge in [-0.05, 0) is 17.5 Å². The van der Waals surface area contributed by atoms with Crippen LogP contribution in [-0.4, -0.2) is 12.5 Å². The molecule has 0 bridgehead atoms. The highest BCUT2D eigenvalue weighted by Gasteiger charge is 2.02. The fourth-order valence-electron chi connectivity index (χ4n) is 0.711. The third-order valence-corrected chi connectivity index (χ3v) is 2.12. The number of thiophene rings is 1. The second-order valence-electron chi connectivity index (χ2n) is 2.10. The SMILES string of the molecule is C=C=CCNC(=O)c1cccs1. The van der Waals surface area contributed by atoms with Crippen molar-refractivity contribution < 1.29 is 4.79 Å². The fraction of sp³-hybridized carbons (Fsp3) is 0.111. The molecule has 0 atom stereocenters. The highest BCUT2D eigenvalue weighted by molar-refractivity contribution is 7.12. The zero-order valence-electron chi connectivity index (χ0n) is 6.54. The summed E-state index contributed by atoms with van der Waals surface area (Å²) in [6.45, 7) is 3.88. The van der Waals surface area contributed by atoms with Crippen LogP contribution in [0, 0.1) is 0 Å². The summed E-state index contributed by atoms with van der Waals surface area (Å²) >= 11 is 1.43. The lowest BCUT2D eigenvalue weighted by molar-refractivity contribution is 0.0962. The fourth-order valence-corrected chi connectivity index (χ4v) is 1.35. The van der Waals surface area contributed by atoms with Crippen LogP contribution in [0.5, 0.6) is 0 Å². The van der Waals surface area contributed by atoms with Crippen molar-refractivity contribution in [3.8, 4) is 0 Å². The maximum atomic E-state index is 11.2. The molecule has 12 heavy (non-hydrogen) atoms. The van der Waals surface area contributed by atoms with Crippen molar-refractivity contribution >= 4 is 17.2 Å². The van der Waals surface area contributed by atoms with Gasteiger partial charge < -0.3 is 5.32 Å². The van der Waals surface area contributed by atoms with Crippen molar-refractivity contribution in [2.24, 2.45) is 0 Å². The summed E-state index contributed by atoms with van der Waals surface area (Å²) in [4.78, 5) is 11.9. The van der Waals surface area contributed by atoms with Gasteiger partial charge in [-0.15, -0.1) is 17.1 Å². The van der Waals surface area contributed by atoms with Crippen LogP contribution < -0.4 is 5.32 Å². The second kappa shape index (κ2) is 4.54. The van der Waals surface area contributed by atoms with Gasteiger partial charge in [0.05, 0.1) is 4.88 Å². The first kappa shape index (κ1) is 8.78. The normalized spacial score (nSPS) is 8.67. The van der Waals surface area contributed by atoms with Crippen molar-refractivity contribution in [1.29, 1.82) is 0 Å². The van der Waals surface area contributed by atoms with Crippen LogP contribution in [0.15, 0.2) is 35.9 Å². The van der Waals surface area contributed by atoms with Gasteiger partial charge >= 0.3 is 0 Å². The molecule has 0 spiro atoms. The largest absolute Gasteiger partial charge is 0.347 e. The van der Waals surface area contributed by atoms with Gasteiger partial charge in [0.1, 0.15) is 0 Å². The summed E-state index contributed by atoms with van der Waals surface area (Å²) < 4.78 is 0. The number of nitrogens with one attached hydrogen (secondary N) is 1.